The quantitative estimate of drug-likeness (QED) is 0.807. The molecule has 6 heteroatoms. The number of fused-ring (bicyclic) bond motifs is 1. The van der Waals surface area contributed by atoms with Gasteiger partial charge < -0.3 is 5.11 Å². The fourth-order valence-corrected chi connectivity index (χ4v) is 1.91. The molecule has 1 atom stereocenters. The topological polar surface area (TPSA) is 50.2 Å². The zero-order valence-electron chi connectivity index (χ0n) is 8.08. The summed E-state index contributed by atoms with van der Waals surface area (Å²) >= 11 is 0. The molecule has 1 heterocycles. The van der Waals surface area contributed by atoms with Gasteiger partial charge in [0.2, 0.25) is 0 Å². The fourth-order valence-electron chi connectivity index (χ4n) is 1.91. The van der Waals surface area contributed by atoms with Gasteiger partial charge in [-0.15, -0.1) is 0 Å². The van der Waals surface area contributed by atoms with Crippen molar-refractivity contribution >= 4 is 5.97 Å². The monoisotopic (exact) mass is 231 g/mol. The van der Waals surface area contributed by atoms with Crippen molar-refractivity contribution in [2.45, 2.75) is 24.9 Å². The van der Waals surface area contributed by atoms with E-state index in [9.17, 15) is 18.0 Å². The third-order valence-corrected chi connectivity index (χ3v) is 2.69. The number of hydrogen-bond donors (Lipinski definition) is 1. The van der Waals surface area contributed by atoms with Crippen LogP contribution in [0.1, 0.15) is 34.0 Å². The van der Waals surface area contributed by atoms with Gasteiger partial charge in [0, 0.05) is 11.9 Å². The number of pyridine rings is 1. The Morgan fingerprint density at radius 2 is 2.19 bits per heavy atom. The minimum atomic E-state index is -4.33. The molecule has 0 bridgehead atoms. The van der Waals surface area contributed by atoms with Crippen LogP contribution in [0.4, 0.5) is 13.2 Å². The molecule has 0 aliphatic heterocycles. The Kier molecular flexibility index (Phi) is 2.36. The van der Waals surface area contributed by atoms with Gasteiger partial charge in [0.05, 0.1) is 11.5 Å². The van der Waals surface area contributed by atoms with Crippen LogP contribution in [0.3, 0.4) is 0 Å². The summed E-state index contributed by atoms with van der Waals surface area (Å²) in [5.41, 5.74) is 0.162. The lowest BCUT2D eigenvalue weighted by Crippen LogP contribution is -2.18. The molecule has 2 rings (SSSR count). The number of halogens is 3. The number of nitrogens with zero attached hydrogens (tertiary/aromatic N) is 1. The van der Waals surface area contributed by atoms with E-state index < -0.39 is 18.1 Å². The van der Waals surface area contributed by atoms with E-state index in [0.717, 1.165) is 12.3 Å². The number of aryl methyl sites for hydroxylation is 1. The van der Waals surface area contributed by atoms with Crippen LogP contribution in [0.2, 0.25) is 0 Å². The van der Waals surface area contributed by atoms with Crippen LogP contribution in [0, 0.1) is 0 Å². The number of carboxylic acid groups (broad SMARTS) is 1. The first-order chi connectivity index (χ1) is 7.39. The van der Waals surface area contributed by atoms with E-state index in [1.165, 1.54) is 0 Å². The van der Waals surface area contributed by atoms with E-state index in [-0.39, 0.29) is 24.0 Å². The molecule has 0 amide bonds. The minimum absolute atomic E-state index is 0.00685. The largest absolute Gasteiger partial charge is 0.478 e. The highest BCUT2D eigenvalue weighted by molar-refractivity contribution is 5.87. The lowest BCUT2D eigenvalue weighted by Gasteiger charge is -2.15. The third-order valence-electron chi connectivity index (χ3n) is 2.69. The van der Waals surface area contributed by atoms with Crippen molar-refractivity contribution in [3.05, 3.63) is 29.1 Å². The van der Waals surface area contributed by atoms with Crippen molar-refractivity contribution in [1.82, 2.24) is 4.98 Å². The van der Waals surface area contributed by atoms with Crippen LogP contribution in [0.25, 0.3) is 0 Å². The maximum atomic E-state index is 12.6. The summed E-state index contributed by atoms with van der Waals surface area (Å²) in [6.45, 7) is 0. The Bertz CT molecular complexity index is 442. The molecule has 1 unspecified atom stereocenters. The number of alkyl halides is 3. The third kappa shape index (κ3) is 1.75. The molecule has 86 valence electrons. The van der Waals surface area contributed by atoms with E-state index >= 15 is 0 Å². The van der Waals surface area contributed by atoms with E-state index in [0.29, 0.717) is 5.69 Å². The molecule has 0 fully saturated rings. The van der Waals surface area contributed by atoms with Crippen molar-refractivity contribution in [2.75, 3.05) is 0 Å². The Labute approximate surface area is 88.9 Å². The predicted octanol–water partition coefficient (Wildman–Crippen LogP) is 2.37. The van der Waals surface area contributed by atoms with Crippen LogP contribution in [0.15, 0.2) is 12.3 Å². The number of aromatic carboxylic acids is 1. The van der Waals surface area contributed by atoms with Crippen LogP contribution >= 0.6 is 0 Å². The molecule has 0 spiro atoms. The second-order valence-corrected chi connectivity index (χ2v) is 3.70. The van der Waals surface area contributed by atoms with Crippen LogP contribution in [0.5, 0.6) is 0 Å². The number of carbonyl (C=O) groups is 1. The van der Waals surface area contributed by atoms with Crippen molar-refractivity contribution in [3.63, 3.8) is 0 Å². The van der Waals surface area contributed by atoms with Gasteiger partial charge in [0.25, 0.3) is 0 Å². The van der Waals surface area contributed by atoms with Crippen molar-refractivity contribution in [1.29, 1.82) is 0 Å². The maximum Gasteiger partial charge on any atom is 0.395 e. The van der Waals surface area contributed by atoms with E-state index in [4.69, 9.17) is 5.11 Å². The summed E-state index contributed by atoms with van der Waals surface area (Å²) in [4.78, 5) is 14.4. The van der Waals surface area contributed by atoms with Gasteiger partial charge in [-0.1, -0.05) is 0 Å². The van der Waals surface area contributed by atoms with Crippen molar-refractivity contribution < 1.29 is 23.1 Å². The smallest absolute Gasteiger partial charge is 0.395 e. The zero-order chi connectivity index (χ0) is 11.9. The molecule has 0 saturated carbocycles. The number of hydrogen-bond acceptors (Lipinski definition) is 2. The van der Waals surface area contributed by atoms with E-state index in [1.807, 2.05) is 0 Å². The van der Waals surface area contributed by atoms with Gasteiger partial charge >= 0.3 is 12.1 Å². The number of rotatable bonds is 1. The average molecular weight is 231 g/mol. The Morgan fingerprint density at radius 1 is 1.50 bits per heavy atom. The number of aromatic nitrogens is 1. The highest BCUT2D eigenvalue weighted by Gasteiger charge is 2.44. The first-order valence-corrected chi connectivity index (χ1v) is 4.68. The van der Waals surface area contributed by atoms with E-state index in [2.05, 4.69) is 4.98 Å². The molecule has 1 aromatic rings. The molecule has 0 aromatic carbocycles. The molecule has 16 heavy (non-hydrogen) atoms. The molecule has 1 aliphatic carbocycles. The summed E-state index contributed by atoms with van der Waals surface area (Å²) in [6, 6.07) is 1.08. The van der Waals surface area contributed by atoms with Gasteiger partial charge in [0.15, 0.2) is 0 Å². The maximum absolute atomic E-state index is 12.6. The summed E-state index contributed by atoms with van der Waals surface area (Å²) in [5, 5.41) is 8.68. The van der Waals surface area contributed by atoms with Gasteiger partial charge in [-0.25, -0.2) is 4.79 Å². The predicted molar refractivity (Wildman–Crippen MR) is 48.3 cm³/mol. The summed E-state index contributed by atoms with van der Waals surface area (Å²) in [5.74, 6) is -2.84. The standard InChI is InChI=1S/C10H8F3NO2/c11-10(12,13)7-1-2-8-6(7)3-5(4-14-8)9(15)16/h3-4,7H,1-2H2,(H,15,16). The first-order valence-electron chi connectivity index (χ1n) is 4.68. The first kappa shape index (κ1) is 10.9. The zero-order valence-corrected chi connectivity index (χ0v) is 8.08. The van der Waals surface area contributed by atoms with Gasteiger partial charge in [-0.3, -0.25) is 4.98 Å². The van der Waals surface area contributed by atoms with Crippen molar-refractivity contribution in [2.24, 2.45) is 0 Å². The van der Waals surface area contributed by atoms with Crippen LogP contribution in [-0.4, -0.2) is 22.2 Å². The van der Waals surface area contributed by atoms with Gasteiger partial charge in [0.1, 0.15) is 0 Å². The molecule has 0 radical (unpaired) electrons. The summed E-state index contributed by atoms with van der Waals surface area (Å²) in [7, 11) is 0. The lowest BCUT2D eigenvalue weighted by atomic mass is 10.0. The SMILES string of the molecule is O=C(O)c1cnc2c(c1)C(C(F)(F)F)CC2. The van der Waals surface area contributed by atoms with Crippen LogP contribution in [-0.2, 0) is 6.42 Å². The Balaban J connectivity index is 2.45. The summed E-state index contributed by atoms with van der Waals surface area (Å²) < 4.78 is 37.8. The highest BCUT2D eigenvalue weighted by Crippen LogP contribution is 2.43. The molecule has 3 nitrogen and oxygen atoms in total. The second kappa shape index (κ2) is 3.47. The fraction of sp³-hybridized carbons (Fsp3) is 0.400. The molecule has 1 aliphatic rings. The molecular weight excluding hydrogens is 223 g/mol. The minimum Gasteiger partial charge on any atom is -0.478 e. The molecule has 1 N–H and O–H groups in total. The normalized spacial score (nSPS) is 19.6. The number of carboxylic acids is 1. The van der Waals surface area contributed by atoms with Crippen LogP contribution < -0.4 is 0 Å². The summed E-state index contributed by atoms with van der Waals surface area (Å²) in [6.07, 6.45) is -3.03. The van der Waals surface area contributed by atoms with Gasteiger partial charge in [-0.2, -0.15) is 13.2 Å². The molecule has 0 saturated heterocycles. The molecule has 1 aromatic heterocycles. The second-order valence-electron chi connectivity index (χ2n) is 3.70. The van der Waals surface area contributed by atoms with Gasteiger partial charge in [-0.05, 0) is 24.5 Å². The average Bonchev–Trinajstić information content (AvgIpc) is 2.58. The Morgan fingerprint density at radius 3 is 2.75 bits per heavy atom. The Hall–Kier alpha value is -1.59. The van der Waals surface area contributed by atoms with Crippen molar-refractivity contribution in [3.8, 4) is 0 Å². The molecular formula is C10H8F3NO2. The van der Waals surface area contributed by atoms with E-state index in [1.54, 1.807) is 0 Å². The highest BCUT2D eigenvalue weighted by atomic mass is 19.4. The lowest BCUT2D eigenvalue weighted by molar-refractivity contribution is -0.149.